The number of likely N-dealkylation sites (N-methyl/N-ethyl adjacent to an activating group) is 1. The van der Waals surface area contributed by atoms with Crippen LogP contribution in [0, 0.1) is 17.0 Å². The van der Waals surface area contributed by atoms with Crippen LogP contribution in [-0.2, 0) is 17.6 Å². The molecule has 3 aromatic rings. The zero-order valence-electron chi connectivity index (χ0n) is 20.0. The number of hydrogen-bond acceptors (Lipinski definition) is 6. The number of hydrogen-bond donors (Lipinski definition) is 1. The number of ether oxygens (including phenoxy) is 1. The first-order chi connectivity index (χ1) is 17.0. The third kappa shape index (κ3) is 3.76. The zero-order valence-corrected chi connectivity index (χ0v) is 20.0. The fourth-order valence-corrected chi connectivity index (χ4v) is 5.78. The monoisotopic (exact) mass is 505 g/mol. The molecule has 3 saturated carbocycles. The lowest BCUT2D eigenvalue weighted by Gasteiger charge is -2.74. The number of nitrogens with zero attached hydrogens (tertiary/aromatic N) is 5. The van der Waals surface area contributed by atoms with Gasteiger partial charge in [0.15, 0.2) is 5.60 Å². The molecule has 0 amide bonds. The first-order valence-electron chi connectivity index (χ1n) is 11.6. The van der Waals surface area contributed by atoms with Crippen molar-refractivity contribution in [2.75, 3.05) is 27.2 Å². The highest BCUT2D eigenvalue weighted by Crippen LogP contribution is 2.80. The highest BCUT2D eigenvalue weighted by atomic mass is 19.3. The Morgan fingerprint density at radius 1 is 1.08 bits per heavy atom. The second-order valence-corrected chi connectivity index (χ2v) is 10.3. The van der Waals surface area contributed by atoms with Gasteiger partial charge in [-0.2, -0.15) is 0 Å². The van der Waals surface area contributed by atoms with E-state index in [-0.39, 0.29) is 19.3 Å². The Bertz CT molecular complexity index is 1220. The number of benzene rings is 2. The minimum Gasteiger partial charge on any atom is -0.492 e. The molecule has 0 unspecified atom stereocenters. The van der Waals surface area contributed by atoms with E-state index in [2.05, 4.69) is 15.5 Å². The smallest absolute Gasteiger partial charge is 0.287 e. The van der Waals surface area contributed by atoms with Gasteiger partial charge in [-0.25, -0.2) is 22.2 Å². The lowest BCUT2D eigenvalue weighted by atomic mass is 9.30. The molecule has 0 aliphatic heterocycles. The molecule has 36 heavy (non-hydrogen) atoms. The Morgan fingerprint density at radius 3 is 2.36 bits per heavy atom. The predicted molar refractivity (Wildman–Crippen MR) is 121 cm³/mol. The van der Waals surface area contributed by atoms with Gasteiger partial charge < -0.3 is 14.7 Å². The Kier molecular flexibility index (Phi) is 5.83. The van der Waals surface area contributed by atoms with Crippen LogP contribution in [0.4, 0.5) is 17.6 Å². The molecule has 3 aliphatic rings. The molecule has 0 radical (unpaired) electrons. The van der Waals surface area contributed by atoms with Gasteiger partial charge in [-0.3, -0.25) is 0 Å². The van der Waals surface area contributed by atoms with E-state index >= 15 is 8.78 Å². The fraction of sp³-hybridized carbons (Fsp3) is 0.480. The number of tetrazole rings is 1. The van der Waals surface area contributed by atoms with Crippen molar-refractivity contribution >= 4 is 0 Å². The van der Waals surface area contributed by atoms with Gasteiger partial charge in [0.2, 0.25) is 0 Å². The molecule has 3 fully saturated rings. The van der Waals surface area contributed by atoms with E-state index < -0.39 is 46.1 Å². The third-order valence-corrected chi connectivity index (χ3v) is 7.65. The second-order valence-electron chi connectivity index (χ2n) is 10.3. The number of alkyl halides is 2. The molecule has 0 spiro atoms. The van der Waals surface area contributed by atoms with Crippen molar-refractivity contribution in [3.05, 3.63) is 71.6 Å². The normalized spacial score (nSPS) is 24.7. The Morgan fingerprint density at radius 2 is 1.78 bits per heavy atom. The standard InChI is InChI=1S/C25H27F4N5O2/c1-33(2)9-10-36-19-6-3-17(4-7-19)22-12-23(13-22,14-22)25(28,29)24(35,15-34-16-30-31-32-34)20-8-5-18(26)11-21(20)27/h3-8,11,16,35H,9-10,12-15H2,1-2H3/t22?,23?,24-/m1/s1. The van der Waals surface area contributed by atoms with Crippen LogP contribution in [0.2, 0.25) is 0 Å². The van der Waals surface area contributed by atoms with Crippen molar-refractivity contribution in [2.24, 2.45) is 5.41 Å². The molecule has 192 valence electrons. The first kappa shape index (κ1) is 24.6. The van der Waals surface area contributed by atoms with Gasteiger partial charge >= 0.3 is 0 Å². The lowest BCUT2D eigenvalue weighted by molar-refractivity contribution is -0.347. The zero-order chi connectivity index (χ0) is 25.8. The van der Waals surface area contributed by atoms with Crippen molar-refractivity contribution < 1.29 is 27.4 Å². The van der Waals surface area contributed by atoms with Gasteiger partial charge in [0.1, 0.15) is 30.3 Å². The molecule has 11 heteroatoms. The summed E-state index contributed by atoms with van der Waals surface area (Å²) in [5, 5.41) is 21.9. The Hall–Kier alpha value is -3.05. The van der Waals surface area contributed by atoms with Crippen LogP contribution in [-0.4, -0.2) is 63.4 Å². The van der Waals surface area contributed by atoms with Crippen molar-refractivity contribution in [1.82, 2.24) is 25.1 Å². The van der Waals surface area contributed by atoms with Crippen molar-refractivity contribution in [2.45, 2.75) is 42.7 Å². The second kappa shape index (κ2) is 8.52. The van der Waals surface area contributed by atoms with E-state index in [4.69, 9.17) is 4.74 Å². The van der Waals surface area contributed by atoms with Gasteiger partial charge in [0.05, 0.1) is 6.54 Å². The summed E-state index contributed by atoms with van der Waals surface area (Å²) in [7, 11) is 3.91. The van der Waals surface area contributed by atoms with Crippen molar-refractivity contribution in [3.8, 4) is 5.75 Å². The molecular weight excluding hydrogens is 478 g/mol. The van der Waals surface area contributed by atoms with Gasteiger partial charge in [0.25, 0.3) is 5.92 Å². The van der Waals surface area contributed by atoms with Crippen LogP contribution >= 0.6 is 0 Å². The number of aromatic nitrogens is 4. The van der Waals surface area contributed by atoms with Crippen molar-refractivity contribution in [3.63, 3.8) is 0 Å². The minimum atomic E-state index is -3.75. The molecule has 1 atom stereocenters. The average molecular weight is 506 g/mol. The number of halogens is 4. The lowest BCUT2D eigenvalue weighted by Crippen LogP contribution is -2.76. The molecule has 1 aromatic heterocycles. The SMILES string of the molecule is CN(C)CCOc1ccc(C23CC(C(F)(F)[C@@](O)(Cn4cnnn4)c4ccc(F)cc4F)(C2)C3)cc1. The van der Waals surface area contributed by atoms with E-state index in [1.807, 2.05) is 43.3 Å². The van der Waals surface area contributed by atoms with Crippen LogP contribution < -0.4 is 4.74 Å². The van der Waals surface area contributed by atoms with Gasteiger partial charge in [-0.15, -0.1) is 5.10 Å². The largest absolute Gasteiger partial charge is 0.492 e. The highest BCUT2D eigenvalue weighted by Gasteiger charge is 2.82. The Balaban J connectivity index is 1.37. The molecule has 3 aliphatic carbocycles. The summed E-state index contributed by atoms with van der Waals surface area (Å²) in [6, 6.07) is 9.64. The summed E-state index contributed by atoms with van der Waals surface area (Å²) in [4.78, 5) is 2.01. The first-order valence-corrected chi connectivity index (χ1v) is 11.6. The van der Waals surface area contributed by atoms with Crippen LogP contribution in [0.1, 0.15) is 30.4 Å². The fourth-order valence-electron chi connectivity index (χ4n) is 5.78. The summed E-state index contributed by atoms with van der Waals surface area (Å²) < 4.78 is 67.4. The predicted octanol–water partition coefficient (Wildman–Crippen LogP) is 3.54. The molecule has 1 N–H and O–H groups in total. The van der Waals surface area contributed by atoms with E-state index in [1.54, 1.807) is 0 Å². The van der Waals surface area contributed by atoms with Gasteiger partial charge in [-0.05, 0) is 79.0 Å². The maximum absolute atomic E-state index is 16.2. The molecule has 6 rings (SSSR count). The molecule has 2 bridgehead atoms. The number of aliphatic hydroxyl groups is 1. The van der Waals surface area contributed by atoms with E-state index in [0.29, 0.717) is 18.4 Å². The maximum atomic E-state index is 16.2. The summed E-state index contributed by atoms with van der Waals surface area (Å²) in [6.45, 7) is 0.515. The van der Waals surface area contributed by atoms with Crippen LogP contribution in [0.5, 0.6) is 5.75 Å². The molecule has 1 heterocycles. The maximum Gasteiger partial charge on any atom is 0.287 e. The molecule has 0 saturated heterocycles. The number of rotatable bonds is 10. The van der Waals surface area contributed by atoms with Crippen LogP contribution in [0.3, 0.4) is 0 Å². The summed E-state index contributed by atoms with van der Waals surface area (Å²) in [6.07, 6.45) is 1.46. The van der Waals surface area contributed by atoms with Crippen molar-refractivity contribution in [1.29, 1.82) is 0 Å². The van der Waals surface area contributed by atoms with Gasteiger partial charge in [0, 0.05) is 23.6 Å². The van der Waals surface area contributed by atoms with E-state index in [0.717, 1.165) is 35.3 Å². The Labute approximate surface area is 205 Å². The summed E-state index contributed by atoms with van der Waals surface area (Å²) in [5.74, 6) is -5.23. The van der Waals surface area contributed by atoms with E-state index in [1.165, 1.54) is 0 Å². The van der Waals surface area contributed by atoms with Crippen LogP contribution in [0.15, 0.2) is 48.8 Å². The summed E-state index contributed by atoms with van der Waals surface area (Å²) in [5.41, 5.74) is -4.71. The average Bonchev–Trinajstić information content (AvgIpc) is 3.25. The third-order valence-electron chi connectivity index (χ3n) is 7.65. The topological polar surface area (TPSA) is 76.3 Å². The molecule has 2 aromatic carbocycles. The summed E-state index contributed by atoms with van der Waals surface area (Å²) >= 11 is 0. The quantitative estimate of drug-likeness (QED) is 0.425. The van der Waals surface area contributed by atoms with E-state index in [9.17, 15) is 13.9 Å². The highest BCUT2D eigenvalue weighted by molar-refractivity contribution is 5.44. The van der Waals surface area contributed by atoms with Gasteiger partial charge in [-0.1, -0.05) is 12.1 Å². The molecular formula is C25H27F4N5O2. The minimum absolute atomic E-state index is 0.133. The molecule has 7 nitrogen and oxygen atoms in total. The van der Waals surface area contributed by atoms with Crippen LogP contribution in [0.25, 0.3) is 0 Å².